The molecule has 0 bridgehead atoms. The Labute approximate surface area is 159 Å². The van der Waals surface area contributed by atoms with Crippen molar-refractivity contribution in [2.75, 3.05) is 0 Å². The Morgan fingerprint density at radius 1 is 1.19 bits per heavy atom. The minimum atomic E-state index is 0. The van der Waals surface area contributed by atoms with Crippen LogP contribution in [-0.2, 0) is 13.1 Å². The van der Waals surface area contributed by atoms with Crippen molar-refractivity contribution in [3.8, 4) is 17.1 Å². The van der Waals surface area contributed by atoms with Gasteiger partial charge in [-0.15, -0.1) is 12.4 Å². The molecule has 0 atom stereocenters. The molecule has 0 spiro atoms. The first-order chi connectivity index (χ1) is 12.2. The molecule has 0 unspecified atom stereocenters. The Bertz CT molecular complexity index is 1080. The van der Waals surface area contributed by atoms with Gasteiger partial charge in [-0.05, 0) is 25.1 Å². The van der Waals surface area contributed by atoms with Gasteiger partial charge in [0.25, 0.3) is 0 Å². The molecular weight excluding hydrogens is 375 g/mol. The van der Waals surface area contributed by atoms with Gasteiger partial charge in [0.1, 0.15) is 6.54 Å². The molecule has 132 valence electrons. The summed E-state index contributed by atoms with van der Waals surface area (Å²) in [6, 6.07) is 5.78. The first kappa shape index (κ1) is 16.7. The number of halogens is 2. The fraction of sp³-hybridized carbons (Fsp3) is 0.188. The average Bonchev–Trinajstić information content (AvgIpc) is 3.30. The highest BCUT2D eigenvalue weighted by Gasteiger charge is 2.24. The van der Waals surface area contributed by atoms with Crippen molar-refractivity contribution >= 4 is 24.0 Å². The summed E-state index contributed by atoms with van der Waals surface area (Å²) < 4.78 is 3.97. The van der Waals surface area contributed by atoms with Gasteiger partial charge in [0.2, 0.25) is 0 Å². The van der Waals surface area contributed by atoms with Crippen LogP contribution in [0.4, 0.5) is 0 Å². The van der Waals surface area contributed by atoms with E-state index in [4.69, 9.17) is 16.6 Å². The van der Waals surface area contributed by atoms with Crippen LogP contribution >= 0.6 is 24.0 Å². The van der Waals surface area contributed by atoms with E-state index in [0.29, 0.717) is 23.9 Å². The van der Waals surface area contributed by atoms with Crippen LogP contribution in [-0.4, -0.2) is 39.3 Å². The van der Waals surface area contributed by atoms with Crippen molar-refractivity contribution in [1.29, 1.82) is 0 Å². The summed E-state index contributed by atoms with van der Waals surface area (Å²) in [5.41, 5.74) is 3.97. The number of hydrogen-bond acceptors (Lipinski definition) is 5. The summed E-state index contributed by atoms with van der Waals surface area (Å²) >= 11 is 6.24. The van der Waals surface area contributed by atoms with Gasteiger partial charge in [-0.1, -0.05) is 11.6 Å². The molecule has 5 rings (SSSR count). The second kappa shape index (κ2) is 6.22. The number of benzene rings is 1. The Balaban J connectivity index is 0.00000168. The number of aromatic nitrogens is 8. The van der Waals surface area contributed by atoms with Crippen LogP contribution in [0.25, 0.3) is 17.1 Å². The zero-order valence-corrected chi connectivity index (χ0v) is 15.3. The average molecular weight is 389 g/mol. The maximum atomic E-state index is 6.24. The maximum absolute atomic E-state index is 6.24. The van der Waals surface area contributed by atoms with Crippen molar-refractivity contribution in [3.05, 3.63) is 59.2 Å². The van der Waals surface area contributed by atoms with Crippen molar-refractivity contribution in [2.45, 2.75) is 20.0 Å². The van der Waals surface area contributed by atoms with E-state index in [1.807, 2.05) is 36.1 Å². The van der Waals surface area contributed by atoms with E-state index >= 15 is 0 Å². The zero-order chi connectivity index (χ0) is 17.0. The Morgan fingerprint density at radius 3 is 2.81 bits per heavy atom. The van der Waals surface area contributed by atoms with Crippen LogP contribution in [0.3, 0.4) is 0 Å². The maximum Gasteiger partial charge on any atom is 0.174 e. The molecule has 10 heteroatoms. The fourth-order valence-electron chi connectivity index (χ4n) is 3.12. The Morgan fingerprint density at radius 2 is 2.00 bits per heavy atom. The molecule has 0 fully saturated rings. The molecule has 0 radical (unpaired) electrons. The van der Waals surface area contributed by atoms with Gasteiger partial charge in [0, 0.05) is 10.6 Å². The quantitative estimate of drug-likeness (QED) is 0.464. The smallest absolute Gasteiger partial charge is 0.174 e. The van der Waals surface area contributed by atoms with E-state index in [0.717, 1.165) is 28.5 Å². The second-order valence-corrected chi connectivity index (χ2v) is 6.31. The molecule has 26 heavy (non-hydrogen) atoms. The minimum Gasteiger partial charge on any atom is -0.300 e. The van der Waals surface area contributed by atoms with Gasteiger partial charge in [-0.25, -0.2) is 14.6 Å². The Hall–Kier alpha value is -2.71. The summed E-state index contributed by atoms with van der Waals surface area (Å²) in [7, 11) is 0. The topological polar surface area (TPSA) is 79.2 Å². The predicted octanol–water partition coefficient (Wildman–Crippen LogP) is 2.52. The summed E-state index contributed by atoms with van der Waals surface area (Å²) in [5, 5.41) is 13.5. The molecule has 1 aromatic carbocycles. The standard InChI is InChI=1S/C16H13ClN8.ClH/c1-10-14-7-24-16(21-15(22-24)8-25-19-4-5-20-25)12-6-11(17)2-3-13(12)23(14)9-18-10;/h2-6,9H,7-8H2,1H3;1H. The molecule has 4 aromatic rings. The molecule has 8 nitrogen and oxygen atoms in total. The molecule has 0 saturated heterocycles. The Kier molecular flexibility index (Phi) is 4.01. The van der Waals surface area contributed by atoms with Gasteiger partial charge >= 0.3 is 0 Å². The van der Waals surface area contributed by atoms with Crippen LogP contribution in [0.2, 0.25) is 5.02 Å². The third kappa shape index (κ3) is 2.58. The second-order valence-electron chi connectivity index (χ2n) is 5.88. The third-order valence-corrected chi connectivity index (χ3v) is 4.53. The summed E-state index contributed by atoms with van der Waals surface area (Å²) in [5.74, 6) is 1.44. The number of rotatable bonds is 2. The van der Waals surface area contributed by atoms with Gasteiger partial charge in [0.15, 0.2) is 11.6 Å². The highest BCUT2D eigenvalue weighted by atomic mass is 35.5. The SMILES string of the molecule is Cc1ncn2c1Cn1nc(Cn3nccn3)nc1-c1cc(Cl)ccc1-2.Cl. The van der Waals surface area contributed by atoms with Gasteiger partial charge in [0.05, 0.1) is 42.3 Å². The lowest BCUT2D eigenvalue weighted by atomic mass is 10.1. The van der Waals surface area contributed by atoms with Crippen LogP contribution in [0, 0.1) is 6.92 Å². The molecule has 3 aromatic heterocycles. The number of imidazole rings is 1. The third-order valence-electron chi connectivity index (χ3n) is 4.30. The van der Waals surface area contributed by atoms with E-state index in [1.165, 1.54) is 0 Å². The van der Waals surface area contributed by atoms with Crippen molar-refractivity contribution in [1.82, 2.24) is 39.3 Å². The van der Waals surface area contributed by atoms with Gasteiger partial charge in [-0.3, -0.25) is 0 Å². The molecule has 0 amide bonds. The van der Waals surface area contributed by atoms with E-state index in [9.17, 15) is 0 Å². The molecular formula is C16H14Cl2N8. The molecule has 0 saturated carbocycles. The molecule has 0 N–H and O–H groups in total. The van der Waals surface area contributed by atoms with E-state index in [-0.39, 0.29) is 12.4 Å². The van der Waals surface area contributed by atoms with Crippen LogP contribution in [0.15, 0.2) is 36.9 Å². The highest BCUT2D eigenvalue weighted by molar-refractivity contribution is 6.31. The summed E-state index contributed by atoms with van der Waals surface area (Å²) in [6.07, 6.45) is 5.11. The normalized spacial score (nSPS) is 11.9. The van der Waals surface area contributed by atoms with E-state index in [1.54, 1.807) is 17.2 Å². The van der Waals surface area contributed by atoms with E-state index in [2.05, 4.69) is 24.8 Å². The lowest BCUT2D eigenvalue weighted by Gasteiger charge is -2.08. The molecule has 0 aliphatic carbocycles. The number of fused-ring (bicyclic) bond motifs is 5. The predicted molar refractivity (Wildman–Crippen MR) is 97.8 cm³/mol. The first-order valence-electron chi connectivity index (χ1n) is 7.80. The molecule has 1 aliphatic rings. The van der Waals surface area contributed by atoms with Crippen LogP contribution in [0.5, 0.6) is 0 Å². The van der Waals surface area contributed by atoms with Gasteiger partial charge < -0.3 is 4.57 Å². The molecule has 1 aliphatic heterocycles. The fourth-order valence-corrected chi connectivity index (χ4v) is 3.29. The number of aryl methyl sites for hydroxylation is 1. The number of nitrogens with zero attached hydrogens (tertiary/aromatic N) is 8. The largest absolute Gasteiger partial charge is 0.300 e. The highest BCUT2D eigenvalue weighted by Crippen LogP contribution is 2.33. The van der Waals surface area contributed by atoms with Crippen LogP contribution in [0.1, 0.15) is 17.2 Å². The monoisotopic (exact) mass is 388 g/mol. The zero-order valence-electron chi connectivity index (χ0n) is 13.7. The first-order valence-corrected chi connectivity index (χ1v) is 8.18. The van der Waals surface area contributed by atoms with Crippen molar-refractivity contribution < 1.29 is 0 Å². The van der Waals surface area contributed by atoms with Crippen molar-refractivity contribution in [3.63, 3.8) is 0 Å². The lowest BCUT2D eigenvalue weighted by Crippen LogP contribution is -2.08. The summed E-state index contributed by atoms with van der Waals surface area (Å²) in [4.78, 5) is 10.7. The number of hydrogen-bond donors (Lipinski definition) is 0. The molecule has 4 heterocycles. The minimum absolute atomic E-state index is 0. The van der Waals surface area contributed by atoms with Crippen LogP contribution < -0.4 is 0 Å². The van der Waals surface area contributed by atoms with E-state index < -0.39 is 0 Å². The van der Waals surface area contributed by atoms with Gasteiger partial charge in [-0.2, -0.15) is 20.1 Å². The van der Waals surface area contributed by atoms with Crippen molar-refractivity contribution in [2.24, 2.45) is 0 Å². The lowest BCUT2D eigenvalue weighted by molar-refractivity contribution is 0.561. The summed E-state index contributed by atoms with van der Waals surface area (Å²) in [6.45, 7) is 3.01.